The van der Waals surface area contributed by atoms with Crippen LogP contribution >= 0.6 is 0 Å². The van der Waals surface area contributed by atoms with Gasteiger partial charge >= 0.3 is 6.09 Å². The number of carbonyl (C=O) groups excluding carboxylic acids is 2. The normalized spacial score (nSPS) is 15.5. The zero-order chi connectivity index (χ0) is 15.9. The molecule has 1 aromatic rings. The third kappa shape index (κ3) is 4.00. The lowest BCUT2D eigenvalue weighted by Gasteiger charge is -2.17. The Hall–Kier alpha value is -2.04. The molecule has 0 aromatic heterocycles. The molecule has 1 saturated heterocycles. The lowest BCUT2D eigenvalue weighted by molar-refractivity contribution is -0.120. The Morgan fingerprint density at radius 3 is 2.86 bits per heavy atom. The quantitative estimate of drug-likeness (QED) is 0.833. The Morgan fingerprint density at radius 2 is 2.23 bits per heavy atom. The van der Waals surface area contributed by atoms with Gasteiger partial charge in [-0.05, 0) is 31.0 Å². The zero-order valence-corrected chi connectivity index (χ0v) is 13.3. The van der Waals surface area contributed by atoms with E-state index in [1.807, 2.05) is 31.2 Å². The summed E-state index contributed by atoms with van der Waals surface area (Å²) in [5, 5.41) is 2.96. The molecule has 1 heterocycles. The minimum absolute atomic E-state index is 0.0420. The Bertz CT molecular complexity index is 530. The molecule has 1 aromatic carbocycles. The molecule has 1 unspecified atom stereocenters. The van der Waals surface area contributed by atoms with Crippen molar-refractivity contribution >= 4 is 23.4 Å². The highest BCUT2D eigenvalue weighted by Crippen LogP contribution is 2.23. The fourth-order valence-corrected chi connectivity index (χ4v) is 2.59. The van der Waals surface area contributed by atoms with Crippen LogP contribution in [0.15, 0.2) is 24.3 Å². The number of anilines is 2. The van der Waals surface area contributed by atoms with Gasteiger partial charge in [-0.25, -0.2) is 4.79 Å². The van der Waals surface area contributed by atoms with Gasteiger partial charge in [0.1, 0.15) is 6.61 Å². The number of amides is 2. The summed E-state index contributed by atoms with van der Waals surface area (Å²) < 4.78 is 4.94. The fourth-order valence-electron chi connectivity index (χ4n) is 2.59. The van der Waals surface area contributed by atoms with E-state index in [0.29, 0.717) is 13.2 Å². The summed E-state index contributed by atoms with van der Waals surface area (Å²) in [6.07, 6.45) is 3.57. The second-order valence-corrected chi connectivity index (χ2v) is 5.55. The van der Waals surface area contributed by atoms with Crippen molar-refractivity contribution in [2.45, 2.75) is 39.5 Å². The fraction of sp³-hybridized carbons (Fsp3) is 0.529. The van der Waals surface area contributed by atoms with Crippen molar-refractivity contribution in [1.29, 1.82) is 0 Å². The molecular weight excluding hydrogens is 280 g/mol. The van der Waals surface area contributed by atoms with Crippen LogP contribution in [-0.4, -0.2) is 25.2 Å². The van der Waals surface area contributed by atoms with Gasteiger partial charge in [-0.2, -0.15) is 0 Å². The highest BCUT2D eigenvalue weighted by atomic mass is 16.6. The zero-order valence-electron chi connectivity index (χ0n) is 13.3. The number of nitrogens with zero attached hydrogens (tertiary/aromatic N) is 1. The van der Waals surface area contributed by atoms with E-state index in [0.717, 1.165) is 37.1 Å². The standard InChI is InChI=1S/C17H24N2O3/c1-3-5-7-13(4-2)16(20)18-14-8-6-9-15(12-14)19-10-11-22-17(19)21/h6,8-9,12-13H,3-5,7,10-11H2,1-2H3,(H,18,20). The summed E-state index contributed by atoms with van der Waals surface area (Å²) in [5.41, 5.74) is 1.47. The Kier molecular flexibility index (Phi) is 5.81. The molecule has 2 rings (SSSR count). The van der Waals surface area contributed by atoms with Crippen LogP contribution in [-0.2, 0) is 9.53 Å². The van der Waals surface area contributed by atoms with Crippen LogP contribution in [0.5, 0.6) is 0 Å². The van der Waals surface area contributed by atoms with E-state index in [9.17, 15) is 9.59 Å². The van der Waals surface area contributed by atoms with Crippen molar-refractivity contribution < 1.29 is 14.3 Å². The molecule has 1 fully saturated rings. The predicted molar refractivity (Wildman–Crippen MR) is 87.1 cm³/mol. The van der Waals surface area contributed by atoms with E-state index < -0.39 is 0 Å². The number of ether oxygens (including phenoxy) is 1. The van der Waals surface area contributed by atoms with Crippen molar-refractivity contribution in [1.82, 2.24) is 0 Å². The summed E-state index contributed by atoms with van der Waals surface area (Å²) >= 11 is 0. The van der Waals surface area contributed by atoms with Crippen LogP contribution in [0, 0.1) is 5.92 Å². The van der Waals surface area contributed by atoms with Crippen LogP contribution in [0.2, 0.25) is 0 Å². The van der Waals surface area contributed by atoms with Crippen LogP contribution in [0.4, 0.5) is 16.2 Å². The minimum atomic E-state index is -0.335. The van der Waals surface area contributed by atoms with Crippen molar-refractivity contribution in [3.8, 4) is 0 Å². The van der Waals surface area contributed by atoms with Gasteiger partial charge in [0.05, 0.1) is 6.54 Å². The third-order valence-electron chi connectivity index (χ3n) is 3.96. The largest absolute Gasteiger partial charge is 0.447 e. The first-order chi connectivity index (χ1) is 10.7. The maximum absolute atomic E-state index is 12.3. The first-order valence-corrected chi connectivity index (χ1v) is 8.01. The van der Waals surface area contributed by atoms with Crippen molar-refractivity contribution in [3.63, 3.8) is 0 Å². The number of benzene rings is 1. The third-order valence-corrected chi connectivity index (χ3v) is 3.96. The molecule has 2 amide bonds. The monoisotopic (exact) mass is 304 g/mol. The number of hydrogen-bond donors (Lipinski definition) is 1. The lowest BCUT2D eigenvalue weighted by Crippen LogP contribution is -2.24. The van der Waals surface area contributed by atoms with Gasteiger partial charge in [0.15, 0.2) is 0 Å². The molecule has 5 nitrogen and oxygen atoms in total. The first-order valence-electron chi connectivity index (χ1n) is 8.01. The number of unbranched alkanes of at least 4 members (excludes halogenated alkanes) is 1. The molecule has 0 spiro atoms. The van der Waals surface area contributed by atoms with Crippen molar-refractivity contribution in [2.24, 2.45) is 5.92 Å². The summed E-state index contributed by atoms with van der Waals surface area (Å²) in [5.74, 6) is 0.0949. The Morgan fingerprint density at radius 1 is 1.41 bits per heavy atom. The topological polar surface area (TPSA) is 58.6 Å². The molecule has 1 atom stereocenters. The van der Waals surface area contributed by atoms with E-state index in [1.165, 1.54) is 0 Å². The second-order valence-electron chi connectivity index (χ2n) is 5.55. The molecule has 1 N–H and O–H groups in total. The molecule has 0 saturated carbocycles. The van der Waals surface area contributed by atoms with Crippen LogP contribution in [0.1, 0.15) is 39.5 Å². The average Bonchev–Trinajstić information content (AvgIpc) is 2.94. The van der Waals surface area contributed by atoms with Gasteiger partial charge < -0.3 is 10.1 Å². The van der Waals surface area contributed by atoms with E-state index in [2.05, 4.69) is 12.2 Å². The SMILES string of the molecule is CCCCC(CC)C(=O)Nc1cccc(N2CCOC2=O)c1. The number of rotatable bonds is 7. The smallest absolute Gasteiger partial charge is 0.414 e. The number of hydrogen-bond acceptors (Lipinski definition) is 3. The number of nitrogens with one attached hydrogen (secondary N) is 1. The average molecular weight is 304 g/mol. The van der Waals surface area contributed by atoms with E-state index in [-0.39, 0.29) is 17.9 Å². The van der Waals surface area contributed by atoms with E-state index in [4.69, 9.17) is 4.74 Å². The molecule has 0 aliphatic carbocycles. The summed E-state index contributed by atoms with van der Waals surface area (Å²) in [6.45, 7) is 5.12. The van der Waals surface area contributed by atoms with Crippen molar-refractivity contribution in [3.05, 3.63) is 24.3 Å². The Balaban J connectivity index is 2.03. The molecule has 22 heavy (non-hydrogen) atoms. The highest BCUT2D eigenvalue weighted by Gasteiger charge is 2.24. The maximum atomic E-state index is 12.3. The number of carbonyl (C=O) groups is 2. The van der Waals surface area contributed by atoms with Crippen LogP contribution in [0.25, 0.3) is 0 Å². The molecule has 120 valence electrons. The van der Waals surface area contributed by atoms with Gasteiger partial charge in [-0.1, -0.05) is 32.8 Å². The summed E-state index contributed by atoms with van der Waals surface area (Å²) in [4.78, 5) is 25.5. The predicted octanol–water partition coefficient (Wildman–Crippen LogP) is 3.80. The molecule has 5 heteroatoms. The number of cyclic esters (lactones) is 1. The van der Waals surface area contributed by atoms with Gasteiger partial charge in [-0.15, -0.1) is 0 Å². The second kappa shape index (κ2) is 7.82. The summed E-state index contributed by atoms with van der Waals surface area (Å²) in [7, 11) is 0. The molecule has 1 aliphatic rings. The van der Waals surface area contributed by atoms with Crippen LogP contribution < -0.4 is 10.2 Å². The summed E-state index contributed by atoms with van der Waals surface area (Å²) in [6, 6.07) is 7.34. The van der Waals surface area contributed by atoms with E-state index in [1.54, 1.807) is 4.90 Å². The van der Waals surface area contributed by atoms with Gasteiger partial charge in [0.2, 0.25) is 5.91 Å². The highest BCUT2D eigenvalue weighted by molar-refractivity contribution is 5.94. The lowest BCUT2D eigenvalue weighted by atomic mass is 9.98. The minimum Gasteiger partial charge on any atom is -0.447 e. The maximum Gasteiger partial charge on any atom is 0.414 e. The van der Waals surface area contributed by atoms with Crippen LogP contribution in [0.3, 0.4) is 0 Å². The molecule has 0 bridgehead atoms. The molecule has 0 radical (unpaired) electrons. The van der Waals surface area contributed by atoms with Gasteiger partial charge in [-0.3, -0.25) is 9.69 Å². The van der Waals surface area contributed by atoms with E-state index >= 15 is 0 Å². The van der Waals surface area contributed by atoms with Gasteiger partial charge in [0.25, 0.3) is 0 Å². The first kappa shape index (κ1) is 16.3. The van der Waals surface area contributed by atoms with Gasteiger partial charge in [0, 0.05) is 17.3 Å². The Labute approximate surface area is 131 Å². The van der Waals surface area contributed by atoms with Crippen molar-refractivity contribution in [2.75, 3.05) is 23.4 Å². The molecular formula is C17H24N2O3. The molecule has 1 aliphatic heterocycles.